The number of rotatable bonds is 16. The number of β-lactam (4-membered cyclic amide) rings is 1. The highest BCUT2D eigenvalue weighted by atomic mass is 35.5. The van der Waals surface area contributed by atoms with Crippen LogP contribution in [-0.4, -0.2) is 121 Å². The average molecular weight is 1060 g/mol. The van der Waals surface area contributed by atoms with Crippen molar-refractivity contribution >= 4 is 86.5 Å². The van der Waals surface area contributed by atoms with E-state index in [1.54, 1.807) is 84.9 Å². The molecule has 0 saturated carbocycles. The van der Waals surface area contributed by atoms with E-state index < -0.39 is 52.1 Å². The molecule has 21 nitrogen and oxygen atoms in total. The molecular formula is C48H63ClN9O12S2+. The monoisotopic (exact) mass is 1060 g/mol. The van der Waals surface area contributed by atoms with E-state index in [9.17, 15) is 34.1 Å². The molecule has 1 saturated heterocycles. The van der Waals surface area contributed by atoms with Gasteiger partial charge in [-0.25, -0.2) is 19.4 Å². The molecule has 2 aliphatic rings. The van der Waals surface area contributed by atoms with Gasteiger partial charge in [-0.15, -0.1) is 11.8 Å². The minimum Gasteiger partial charge on any atom is -0.497 e. The van der Waals surface area contributed by atoms with Crippen LogP contribution in [0, 0.1) is 10.1 Å². The molecule has 72 heavy (non-hydrogen) atoms. The number of esters is 1. The number of pyridine rings is 1. The maximum absolute atomic E-state index is 14.3. The Kier molecular flexibility index (Phi) is 18.7. The van der Waals surface area contributed by atoms with Crippen LogP contribution in [0.25, 0.3) is 11.0 Å². The number of ether oxygens (including phenoxy) is 4. The fourth-order valence-corrected chi connectivity index (χ4v) is 9.24. The molecule has 4 aromatic rings. The van der Waals surface area contributed by atoms with Crippen molar-refractivity contribution in [3.8, 4) is 5.75 Å². The normalized spacial score (nSPS) is 15.9. The van der Waals surface area contributed by atoms with Crippen LogP contribution in [-0.2, 0) is 53.1 Å². The van der Waals surface area contributed by atoms with E-state index in [1.165, 1.54) is 23.6 Å². The summed E-state index contributed by atoms with van der Waals surface area (Å²) in [4.78, 5) is 89.4. The molecule has 2 unspecified atom stereocenters. The van der Waals surface area contributed by atoms with Gasteiger partial charge in [0, 0.05) is 61.6 Å². The number of thiazole rings is 1. The zero-order valence-corrected chi connectivity index (χ0v) is 44.9. The Hall–Kier alpha value is -6.46. The second kappa shape index (κ2) is 23.8. The van der Waals surface area contributed by atoms with E-state index in [0.29, 0.717) is 42.1 Å². The number of thioether (sulfide) groups is 1. The summed E-state index contributed by atoms with van der Waals surface area (Å²) in [6.07, 6.45) is 3.41. The lowest BCUT2D eigenvalue weighted by atomic mass is 10.0. The molecule has 2 aliphatic heterocycles. The minimum absolute atomic E-state index is 0.0224. The van der Waals surface area contributed by atoms with Crippen LogP contribution in [0.5, 0.6) is 5.75 Å². The lowest BCUT2D eigenvalue weighted by Crippen LogP contribution is -2.71. The van der Waals surface area contributed by atoms with E-state index in [4.69, 9.17) is 35.4 Å². The summed E-state index contributed by atoms with van der Waals surface area (Å²) in [5, 5.41) is 18.0. The number of carbonyl (C=O) groups is 5. The van der Waals surface area contributed by atoms with Crippen molar-refractivity contribution in [2.45, 2.75) is 124 Å². The number of amides is 4. The molecule has 24 heteroatoms. The molecule has 1 fully saturated rings. The Bertz CT molecular complexity index is 2700. The zero-order valence-electron chi connectivity index (χ0n) is 42.5. The molecule has 0 spiro atoms. The lowest BCUT2D eigenvalue weighted by Gasteiger charge is -2.49. The number of nitrogens with one attached hydrogen (secondary N) is 2. The van der Waals surface area contributed by atoms with Crippen LogP contribution < -0.4 is 19.9 Å². The highest BCUT2D eigenvalue weighted by molar-refractivity contribution is 8.00. The van der Waals surface area contributed by atoms with Gasteiger partial charge in [0.15, 0.2) is 23.6 Å². The van der Waals surface area contributed by atoms with Gasteiger partial charge in [-0.05, 0) is 92.5 Å². The third kappa shape index (κ3) is 15.5. The number of aryl methyl sites for hydroxylation is 1. The number of halogens is 1. The number of carbonyl (C=O) groups excluding carboxylic acids is 5. The van der Waals surface area contributed by atoms with Crippen LogP contribution in [0.15, 0.2) is 71.3 Å². The second-order valence-corrected chi connectivity index (χ2v) is 22.2. The number of anilines is 1. The predicted octanol–water partition coefficient (Wildman–Crippen LogP) is 7.55. The number of oxime groups is 1. The van der Waals surface area contributed by atoms with Gasteiger partial charge in [0.05, 0.1) is 7.11 Å². The van der Waals surface area contributed by atoms with E-state index >= 15 is 0 Å². The SMILES string of the molecule is CC[N+](=O)[O-].COc1ccc(COC(=O)C2=C(C[n+]3cccc4c3ccn4CCCN(C)C(=O)OC(C)(C)C)CSC3C(NC(=O)/C(=N/OC(C)(C)C)c4nc(NC(=O)OC(C)(C)C)sc4Cl)C(=O)N23)cc1. The van der Waals surface area contributed by atoms with E-state index in [2.05, 4.69) is 25.3 Å². The molecule has 4 amide bonds. The first-order valence-corrected chi connectivity index (χ1v) is 25.2. The maximum atomic E-state index is 14.3. The lowest BCUT2D eigenvalue weighted by molar-refractivity contribution is -0.663. The number of fused-ring (bicyclic) bond motifs is 2. The fourth-order valence-electron chi connectivity index (χ4n) is 6.87. The Morgan fingerprint density at radius 3 is 2.29 bits per heavy atom. The van der Waals surface area contributed by atoms with Gasteiger partial charge < -0.3 is 38.6 Å². The van der Waals surface area contributed by atoms with Crippen LogP contribution in [0.2, 0.25) is 4.34 Å². The van der Waals surface area contributed by atoms with Crippen molar-refractivity contribution in [2.24, 2.45) is 5.16 Å². The first-order chi connectivity index (χ1) is 33.7. The molecule has 1 aromatic carbocycles. The molecule has 0 radical (unpaired) electrons. The number of aromatic nitrogens is 3. The number of methoxy groups -OCH3 is 1. The average Bonchev–Trinajstić information content (AvgIpc) is 3.88. The Morgan fingerprint density at radius 2 is 1.68 bits per heavy atom. The molecule has 2 atom stereocenters. The smallest absolute Gasteiger partial charge is 0.413 e. The Balaban J connectivity index is 0.00000183. The first kappa shape index (κ1) is 56.5. The summed E-state index contributed by atoms with van der Waals surface area (Å²) in [7, 11) is 3.28. The topological polar surface area (TPSA) is 239 Å². The summed E-state index contributed by atoms with van der Waals surface area (Å²) in [6.45, 7) is 18.7. The number of benzene rings is 1. The van der Waals surface area contributed by atoms with Gasteiger partial charge >= 0.3 is 18.2 Å². The fraction of sp³-hybridized carbons (Fsp3) is 0.500. The van der Waals surface area contributed by atoms with Gasteiger partial charge in [-0.2, -0.15) is 4.57 Å². The molecule has 3 aromatic heterocycles. The third-order valence-corrected chi connectivity index (χ3v) is 12.6. The van der Waals surface area contributed by atoms with Crippen molar-refractivity contribution < 1.29 is 57.2 Å². The van der Waals surface area contributed by atoms with Crippen molar-refractivity contribution in [1.82, 2.24) is 24.7 Å². The molecular weight excluding hydrogens is 994 g/mol. The third-order valence-electron chi connectivity index (χ3n) is 10.1. The highest BCUT2D eigenvalue weighted by Crippen LogP contribution is 2.41. The van der Waals surface area contributed by atoms with Crippen LogP contribution in [0.1, 0.15) is 86.9 Å². The number of nitrogens with zero attached hydrogens (tertiary/aromatic N) is 7. The summed E-state index contributed by atoms with van der Waals surface area (Å²) in [5.74, 6) is -1.10. The highest BCUT2D eigenvalue weighted by Gasteiger charge is 2.55. The van der Waals surface area contributed by atoms with Gasteiger partial charge in [-0.1, -0.05) is 40.2 Å². The number of hydrogen-bond donors (Lipinski definition) is 2. The molecule has 390 valence electrons. The van der Waals surface area contributed by atoms with E-state index in [0.717, 1.165) is 22.4 Å². The van der Waals surface area contributed by atoms with Crippen LogP contribution in [0.4, 0.5) is 14.7 Å². The van der Waals surface area contributed by atoms with Crippen molar-refractivity contribution in [3.63, 3.8) is 0 Å². The molecule has 2 N–H and O–H groups in total. The first-order valence-electron chi connectivity index (χ1n) is 22.9. The predicted molar refractivity (Wildman–Crippen MR) is 272 cm³/mol. The van der Waals surface area contributed by atoms with E-state index in [1.807, 2.05) is 55.9 Å². The Morgan fingerprint density at radius 1 is 1.01 bits per heavy atom. The van der Waals surface area contributed by atoms with Crippen LogP contribution >= 0.6 is 34.7 Å². The summed E-state index contributed by atoms with van der Waals surface area (Å²) in [6, 6.07) is 11.9. The summed E-state index contributed by atoms with van der Waals surface area (Å²) >= 11 is 8.85. The Labute approximate surface area is 431 Å². The number of hydrogen-bond acceptors (Lipinski definition) is 16. The molecule has 5 heterocycles. The largest absolute Gasteiger partial charge is 0.497 e. The van der Waals surface area contributed by atoms with Gasteiger partial charge in [0.1, 0.15) is 61.8 Å². The number of nitro groups is 1. The standard InChI is InChI=1S/C46H57ClN8O10S2.C2H5NO2/c1-44(2,3)63-42(59)50-41-49-32(36(47)67-41)33(51-65-46(7,8)9)37(56)48-34-38(57)55-35(40(58)62-25-27-15-17-29(61-11)18-16-27)28(26-66-39(34)55)24-54-21-12-14-30-31(54)19-23-53(30)22-13-20-52(10)43(60)64-45(4,5)6;1-2-3(4)5/h12,14-19,21,23,34,39H,13,20,22,24-26H2,1-11H3,(H-,48,49,50,56,59);2H2,1H3/p+1/b51-33+;. The quantitative estimate of drug-likeness (QED) is 0.0210. The van der Waals surface area contributed by atoms with Crippen molar-refractivity contribution in [3.05, 3.63) is 91.8 Å². The van der Waals surface area contributed by atoms with Crippen molar-refractivity contribution in [1.29, 1.82) is 0 Å². The minimum atomic E-state index is -1.08. The summed E-state index contributed by atoms with van der Waals surface area (Å²) in [5.41, 5.74) is 0.656. The molecule has 0 aliphatic carbocycles. The second-order valence-electron chi connectivity index (χ2n) is 19.5. The maximum Gasteiger partial charge on any atom is 0.413 e. The molecule has 0 bridgehead atoms. The van der Waals surface area contributed by atoms with Gasteiger partial charge in [0.2, 0.25) is 12.1 Å². The van der Waals surface area contributed by atoms with Gasteiger partial charge in [-0.3, -0.25) is 29.9 Å². The van der Waals surface area contributed by atoms with Crippen LogP contribution in [0.3, 0.4) is 0 Å². The molecule has 6 rings (SSSR count). The summed E-state index contributed by atoms with van der Waals surface area (Å²) < 4.78 is 26.1. The van der Waals surface area contributed by atoms with Gasteiger partial charge in [0.25, 0.3) is 11.8 Å². The zero-order chi connectivity index (χ0) is 53.3. The van der Waals surface area contributed by atoms with E-state index in [-0.39, 0.29) is 57.3 Å². The van der Waals surface area contributed by atoms with Crippen molar-refractivity contribution in [2.75, 3.05) is 38.3 Å².